The number of aryl methyl sites for hydroxylation is 2. The normalized spacial score (nSPS) is 11.1. The van der Waals surface area contributed by atoms with E-state index in [2.05, 4.69) is 31.9 Å². The van der Waals surface area contributed by atoms with Gasteiger partial charge in [-0.15, -0.1) is 11.8 Å². The number of halogens is 2. The average Bonchev–Trinajstić information content (AvgIpc) is 2.94. The highest BCUT2D eigenvalue weighted by atomic mass is 79.9. The summed E-state index contributed by atoms with van der Waals surface area (Å²) in [4.78, 5) is 39.3. The number of amides is 3. The van der Waals surface area contributed by atoms with Crippen molar-refractivity contribution in [2.45, 2.75) is 18.7 Å². The Morgan fingerprint density at radius 3 is 2.20 bits per heavy atom. The van der Waals surface area contributed by atoms with Crippen molar-refractivity contribution in [1.29, 1.82) is 0 Å². The van der Waals surface area contributed by atoms with E-state index in [0.717, 1.165) is 21.7 Å². The highest BCUT2D eigenvalue weighted by Gasteiger charge is 2.16. The van der Waals surface area contributed by atoms with E-state index in [-0.39, 0.29) is 22.9 Å². The number of hydrogen-bond donors (Lipinski definition) is 3. The molecule has 0 saturated carbocycles. The number of carbonyl (C=O) groups excluding carboxylic acids is 3. The first-order valence-electron chi connectivity index (χ1n) is 12.6. The molecule has 0 unspecified atom stereocenters. The van der Waals surface area contributed by atoms with E-state index in [0.29, 0.717) is 15.7 Å². The predicted molar refractivity (Wildman–Crippen MR) is 166 cm³/mol. The van der Waals surface area contributed by atoms with Gasteiger partial charge in [0.2, 0.25) is 5.91 Å². The van der Waals surface area contributed by atoms with Crippen LogP contribution in [0.2, 0.25) is 0 Å². The van der Waals surface area contributed by atoms with Gasteiger partial charge in [-0.05, 0) is 97.8 Å². The first-order chi connectivity index (χ1) is 19.7. The predicted octanol–water partition coefficient (Wildman–Crippen LogP) is 7.35. The van der Waals surface area contributed by atoms with Gasteiger partial charge in [0.25, 0.3) is 11.8 Å². The zero-order valence-electron chi connectivity index (χ0n) is 22.3. The van der Waals surface area contributed by atoms with Crippen LogP contribution < -0.4 is 16.0 Å². The quantitative estimate of drug-likeness (QED) is 0.133. The minimum absolute atomic E-state index is 0.124. The minimum atomic E-state index is -0.623. The molecule has 0 aromatic heterocycles. The van der Waals surface area contributed by atoms with Gasteiger partial charge in [0.05, 0.1) is 5.75 Å². The van der Waals surface area contributed by atoms with Gasteiger partial charge in [-0.1, -0.05) is 40.2 Å². The van der Waals surface area contributed by atoms with Gasteiger partial charge in [0, 0.05) is 31.9 Å². The summed E-state index contributed by atoms with van der Waals surface area (Å²) >= 11 is 4.67. The van der Waals surface area contributed by atoms with Crippen LogP contribution >= 0.6 is 27.7 Å². The number of carbonyl (C=O) groups is 3. The van der Waals surface area contributed by atoms with Crippen LogP contribution in [-0.4, -0.2) is 23.5 Å². The van der Waals surface area contributed by atoms with Crippen LogP contribution in [0.15, 0.2) is 106 Å². The Morgan fingerprint density at radius 2 is 1.51 bits per heavy atom. The molecule has 0 radical (unpaired) electrons. The molecule has 3 N–H and O–H groups in total. The third-order valence-corrected chi connectivity index (χ3v) is 7.28. The first kappa shape index (κ1) is 29.8. The largest absolute Gasteiger partial charge is 0.325 e. The van der Waals surface area contributed by atoms with Crippen molar-refractivity contribution in [3.63, 3.8) is 0 Å². The van der Waals surface area contributed by atoms with Crippen LogP contribution in [0.3, 0.4) is 0 Å². The lowest BCUT2D eigenvalue weighted by Gasteiger charge is -2.12. The van der Waals surface area contributed by atoms with Crippen molar-refractivity contribution in [2.24, 2.45) is 0 Å². The Kier molecular flexibility index (Phi) is 10.1. The van der Waals surface area contributed by atoms with E-state index < -0.39 is 17.6 Å². The lowest BCUT2D eigenvalue weighted by Crippen LogP contribution is -2.30. The van der Waals surface area contributed by atoms with E-state index in [4.69, 9.17) is 0 Å². The van der Waals surface area contributed by atoms with E-state index in [1.54, 1.807) is 60.7 Å². The molecule has 0 aliphatic heterocycles. The smallest absolute Gasteiger partial charge is 0.272 e. The first-order valence-corrected chi connectivity index (χ1v) is 14.4. The van der Waals surface area contributed by atoms with Crippen LogP contribution in [0.1, 0.15) is 27.0 Å². The van der Waals surface area contributed by atoms with E-state index >= 15 is 0 Å². The van der Waals surface area contributed by atoms with Gasteiger partial charge in [-0.3, -0.25) is 14.4 Å². The van der Waals surface area contributed by atoms with Gasteiger partial charge in [-0.2, -0.15) is 0 Å². The summed E-state index contributed by atoms with van der Waals surface area (Å²) in [6.07, 6.45) is 1.29. The lowest BCUT2D eigenvalue weighted by molar-refractivity contribution is -0.114. The van der Waals surface area contributed by atoms with Crippen molar-refractivity contribution in [1.82, 2.24) is 5.32 Å². The molecular formula is C32H27BrFN3O3S. The fourth-order valence-electron chi connectivity index (χ4n) is 3.95. The van der Waals surface area contributed by atoms with Gasteiger partial charge < -0.3 is 16.0 Å². The van der Waals surface area contributed by atoms with Crippen LogP contribution in [0, 0.1) is 19.7 Å². The molecule has 41 heavy (non-hydrogen) atoms. The highest BCUT2D eigenvalue weighted by Crippen LogP contribution is 2.23. The van der Waals surface area contributed by atoms with Crippen LogP contribution in [0.5, 0.6) is 0 Å². The van der Waals surface area contributed by atoms with Gasteiger partial charge in [0.1, 0.15) is 11.5 Å². The molecule has 0 aliphatic rings. The summed E-state index contributed by atoms with van der Waals surface area (Å²) in [5, 5.41) is 8.25. The Bertz CT molecular complexity index is 1590. The average molecular weight is 633 g/mol. The topological polar surface area (TPSA) is 87.3 Å². The molecule has 4 rings (SSSR count). The minimum Gasteiger partial charge on any atom is -0.325 e. The standard InChI is InChI=1S/C32H27BrFN3O3S/c1-20-14-21(2)16-26(15-20)35-30(38)19-41-27-11-9-25(10-12-27)36-32(40)29(18-23-17-24(33)8-13-28(23)34)37-31(39)22-6-4-3-5-7-22/h3-18H,19H2,1-2H3,(H,35,38)(H,36,40)(H,37,39)/b29-18+. The maximum absolute atomic E-state index is 14.5. The second-order valence-corrected chi connectivity index (χ2v) is 11.2. The maximum atomic E-state index is 14.5. The van der Waals surface area contributed by atoms with E-state index in [9.17, 15) is 18.8 Å². The van der Waals surface area contributed by atoms with Crippen molar-refractivity contribution >= 4 is 62.9 Å². The number of anilines is 2. The van der Waals surface area contributed by atoms with Gasteiger partial charge >= 0.3 is 0 Å². The summed E-state index contributed by atoms with van der Waals surface area (Å²) in [7, 11) is 0. The third kappa shape index (κ3) is 8.89. The number of nitrogens with one attached hydrogen (secondary N) is 3. The van der Waals surface area contributed by atoms with Crippen molar-refractivity contribution in [2.75, 3.05) is 16.4 Å². The zero-order valence-corrected chi connectivity index (χ0v) is 24.7. The SMILES string of the molecule is Cc1cc(C)cc(NC(=O)CSc2ccc(NC(=O)/C(=C\c3cc(Br)ccc3F)NC(=O)c3ccccc3)cc2)c1. The number of rotatable bonds is 9. The fourth-order valence-corrected chi connectivity index (χ4v) is 5.03. The van der Waals surface area contributed by atoms with E-state index in [1.165, 1.54) is 30.0 Å². The van der Waals surface area contributed by atoms with Crippen molar-refractivity contribution < 1.29 is 18.8 Å². The number of benzene rings is 4. The lowest BCUT2D eigenvalue weighted by atomic mass is 10.1. The van der Waals surface area contributed by atoms with Crippen molar-refractivity contribution in [3.05, 3.63) is 129 Å². The van der Waals surface area contributed by atoms with Crippen LogP contribution in [0.4, 0.5) is 15.8 Å². The van der Waals surface area contributed by atoms with Gasteiger partial charge in [-0.25, -0.2) is 4.39 Å². The summed E-state index contributed by atoms with van der Waals surface area (Å²) < 4.78 is 15.1. The molecule has 0 fully saturated rings. The number of hydrogen-bond acceptors (Lipinski definition) is 4. The molecule has 0 spiro atoms. The highest BCUT2D eigenvalue weighted by molar-refractivity contribution is 9.10. The second-order valence-electron chi connectivity index (χ2n) is 9.24. The molecule has 6 nitrogen and oxygen atoms in total. The summed E-state index contributed by atoms with van der Waals surface area (Å²) in [6, 6.07) is 25.6. The Balaban J connectivity index is 1.43. The van der Waals surface area contributed by atoms with E-state index in [1.807, 2.05) is 32.0 Å². The summed E-state index contributed by atoms with van der Waals surface area (Å²) in [6.45, 7) is 3.96. The van der Waals surface area contributed by atoms with Gasteiger partial charge in [0.15, 0.2) is 0 Å². The molecule has 0 bridgehead atoms. The molecule has 4 aromatic carbocycles. The molecule has 0 aliphatic carbocycles. The van der Waals surface area contributed by atoms with Crippen LogP contribution in [-0.2, 0) is 9.59 Å². The third-order valence-electron chi connectivity index (χ3n) is 5.77. The Morgan fingerprint density at radius 1 is 0.829 bits per heavy atom. The second kappa shape index (κ2) is 13.9. The summed E-state index contributed by atoms with van der Waals surface area (Å²) in [5.74, 6) is -1.58. The Labute approximate surface area is 250 Å². The molecule has 9 heteroatoms. The molecular weight excluding hydrogens is 605 g/mol. The molecule has 3 amide bonds. The molecule has 0 saturated heterocycles. The molecule has 4 aromatic rings. The van der Waals surface area contributed by atoms with Crippen LogP contribution in [0.25, 0.3) is 6.08 Å². The monoisotopic (exact) mass is 631 g/mol. The van der Waals surface area contributed by atoms with Crippen molar-refractivity contribution in [3.8, 4) is 0 Å². The zero-order chi connectivity index (χ0) is 29.4. The number of thioether (sulfide) groups is 1. The molecule has 208 valence electrons. The maximum Gasteiger partial charge on any atom is 0.272 e. The summed E-state index contributed by atoms with van der Waals surface area (Å²) in [5.41, 5.74) is 3.73. The molecule has 0 heterocycles. The Hall–Kier alpha value is -4.21. The fraction of sp³-hybridized carbons (Fsp3) is 0.0938. The molecule has 0 atom stereocenters.